The third kappa shape index (κ3) is 6.23. The van der Waals surface area contributed by atoms with Gasteiger partial charge in [0.2, 0.25) is 0 Å². The first-order valence-electron chi connectivity index (χ1n) is 8.03. The summed E-state index contributed by atoms with van der Waals surface area (Å²) in [5.41, 5.74) is 1.59. The van der Waals surface area contributed by atoms with Crippen LogP contribution in [0.3, 0.4) is 0 Å². The summed E-state index contributed by atoms with van der Waals surface area (Å²) in [6.45, 7) is 7.73. The van der Waals surface area contributed by atoms with E-state index in [9.17, 15) is 13.2 Å². The Morgan fingerprint density at radius 1 is 0.846 bits per heavy atom. The monoisotopic (exact) mass is 401 g/mol. The van der Waals surface area contributed by atoms with E-state index < -0.39 is 11.7 Å². The average Bonchev–Trinajstić information content (AvgIpc) is 2.54. The molecule has 0 N–H and O–H groups in total. The van der Waals surface area contributed by atoms with E-state index in [1.54, 1.807) is 26.0 Å². The highest BCUT2D eigenvalue weighted by Crippen LogP contribution is 2.34. The molecule has 0 heterocycles. The standard InChI is InChI=1S/C10H10ClF3.C10H10ClN/c1-6(2)8-5-7(10(12,13)14)3-4-9(8)11;1-7(2)9-5-8(6-12)3-4-10(9)11/h3-6H,1-2H3;3-5,7H,1-2H3. The Morgan fingerprint density at radius 3 is 1.73 bits per heavy atom. The molecule has 0 aliphatic heterocycles. The lowest BCUT2D eigenvalue weighted by atomic mass is 10.0. The van der Waals surface area contributed by atoms with Crippen LogP contribution in [-0.4, -0.2) is 0 Å². The molecule has 2 rings (SSSR count). The second-order valence-corrected chi connectivity index (χ2v) is 7.21. The van der Waals surface area contributed by atoms with Crippen molar-refractivity contribution >= 4 is 23.2 Å². The summed E-state index contributed by atoms with van der Waals surface area (Å²) in [6, 6.07) is 10.8. The topological polar surface area (TPSA) is 23.8 Å². The van der Waals surface area contributed by atoms with Crippen LogP contribution < -0.4 is 0 Å². The maximum Gasteiger partial charge on any atom is 0.416 e. The number of halogens is 5. The number of hydrogen-bond acceptors (Lipinski definition) is 1. The molecule has 0 saturated carbocycles. The Bertz CT molecular complexity index is 791. The second-order valence-electron chi connectivity index (χ2n) is 6.39. The molecule has 0 atom stereocenters. The largest absolute Gasteiger partial charge is 0.416 e. The average molecular weight is 402 g/mol. The molecule has 2 aromatic carbocycles. The number of nitrogens with zero attached hydrogens (tertiary/aromatic N) is 1. The van der Waals surface area contributed by atoms with E-state index in [2.05, 4.69) is 19.9 Å². The van der Waals surface area contributed by atoms with Crippen LogP contribution in [0.5, 0.6) is 0 Å². The van der Waals surface area contributed by atoms with Gasteiger partial charge in [0.25, 0.3) is 0 Å². The molecule has 0 aliphatic carbocycles. The molecule has 0 radical (unpaired) electrons. The van der Waals surface area contributed by atoms with Gasteiger partial charge >= 0.3 is 6.18 Å². The van der Waals surface area contributed by atoms with E-state index in [0.717, 1.165) is 22.7 Å². The van der Waals surface area contributed by atoms with Gasteiger partial charge in [-0.2, -0.15) is 18.4 Å². The Morgan fingerprint density at radius 2 is 1.31 bits per heavy atom. The summed E-state index contributed by atoms with van der Waals surface area (Å²) in [5.74, 6) is 0.357. The molecule has 0 aromatic heterocycles. The van der Waals surface area contributed by atoms with Crippen molar-refractivity contribution in [1.29, 1.82) is 5.26 Å². The van der Waals surface area contributed by atoms with Crippen LogP contribution in [-0.2, 0) is 6.18 Å². The molecule has 0 amide bonds. The van der Waals surface area contributed by atoms with Crippen LogP contribution in [0.15, 0.2) is 36.4 Å². The molecular weight excluding hydrogens is 382 g/mol. The summed E-state index contributed by atoms with van der Waals surface area (Å²) in [6.07, 6.45) is -4.30. The molecule has 0 unspecified atom stereocenters. The van der Waals surface area contributed by atoms with Crippen molar-refractivity contribution in [2.75, 3.05) is 0 Å². The summed E-state index contributed by atoms with van der Waals surface area (Å²) in [4.78, 5) is 0. The lowest BCUT2D eigenvalue weighted by Crippen LogP contribution is -2.06. The van der Waals surface area contributed by atoms with Gasteiger partial charge in [-0.3, -0.25) is 0 Å². The second kappa shape index (κ2) is 9.30. The molecular formula is C20H20Cl2F3N. The lowest BCUT2D eigenvalue weighted by molar-refractivity contribution is -0.137. The quantitative estimate of drug-likeness (QED) is 0.502. The number of benzene rings is 2. The Balaban J connectivity index is 0.000000263. The minimum Gasteiger partial charge on any atom is -0.192 e. The van der Waals surface area contributed by atoms with E-state index in [0.29, 0.717) is 22.1 Å². The zero-order valence-electron chi connectivity index (χ0n) is 15.0. The SMILES string of the molecule is CC(C)c1cc(C#N)ccc1Cl.CC(C)c1cc(C(F)(F)F)ccc1Cl. The van der Waals surface area contributed by atoms with Crippen LogP contribution in [0.1, 0.15) is 61.8 Å². The molecule has 1 nitrogen and oxygen atoms in total. The summed E-state index contributed by atoms with van der Waals surface area (Å²) < 4.78 is 37.0. The van der Waals surface area contributed by atoms with Crippen molar-refractivity contribution < 1.29 is 13.2 Å². The van der Waals surface area contributed by atoms with Gasteiger partial charge in [-0.05, 0) is 59.4 Å². The van der Waals surface area contributed by atoms with Gasteiger partial charge in [-0.1, -0.05) is 50.9 Å². The number of hydrogen-bond donors (Lipinski definition) is 0. The number of alkyl halides is 3. The Kier molecular flexibility index (Phi) is 7.99. The minimum atomic E-state index is -4.30. The van der Waals surface area contributed by atoms with Gasteiger partial charge in [0, 0.05) is 10.0 Å². The Labute approximate surface area is 162 Å². The number of nitriles is 1. The number of rotatable bonds is 2. The van der Waals surface area contributed by atoms with Gasteiger partial charge < -0.3 is 0 Å². The maximum atomic E-state index is 12.3. The van der Waals surface area contributed by atoms with E-state index in [-0.39, 0.29) is 5.92 Å². The fourth-order valence-corrected chi connectivity index (χ4v) is 2.89. The van der Waals surface area contributed by atoms with Crippen LogP contribution >= 0.6 is 23.2 Å². The first-order chi connectivity index (χ1) is 12.0. The van der Waals surface area contributed by atoms with Crippen molar-refractivity contribution in [1.82, 2.24) is 0 Å². The van der Waals surface area contributed by atoms with E-state index in [1.165, 1.54) is 6.07 Å². The van der Waals surface area contributed by atoms with Crippen molar-refractivity contribution in [2.45, 2.75) is 45.7 Å². The molecule has 2 aromatic rings. The van der Waals surface area contributed by atoms with Crippen molar-refractivity contribution in [2.24, 2.45) is 0 Å². The lowest BCUT2D eigenvalue weighted by Gasteiger charge is -2.12. The summed E-state index contributed by atoms with van der Waals surface area (Å²) in [7, 11) is 0. The Hall–Kier alpha value is -1.70. The highest BCUT2D eigenvalue weighted by molar-refractivity contribution is 6.31. The van der Waals surface area contributed by atoms with Crippen LogP contribution in [0, 0.1) is 11.3 Å². The predicted octanol–water partition coefficient (Wildman–Crippen LogP) is 7.82. The van der Waals surface area contributed by atoms with Gasteiger partial charge in [-0.25, -0.2) is 0 Å². The van der Waals surface area contributed by atoms with Gasteiger partial charge in [0.05, 0.1) is 17.2 Å². The van der Waals surface area contributed by atoms with E-state index in [1.807, 2.05) is 6.07 Å². The molecule has 0 saturated heterocycles. The fourth-order valence-electron chi connectivity index (χ4n) is 2.22. The summed E-state index contributed by atoms with van der Waals surface area (Å²) in [5, 5.41) is 9.76. The predicted molar refractivity (Wildman–Crippen MR) is 101 cm³/mol. The molecule has 0 spiro atoms. The first kappa shape index (κ1) is 22.3. The fraction of sp³-hybridized carbons (Fsp3) is 0.350. The zero-order valence-corrected chi connectivity index (χ0v) is 16.5. The zero-order chi connectivity index (χ0) is 20.1. The van der Waals surface area contributed by atoms with Crippen LogP contribution in [0.2, 0.25) is 10.0 Å². The van der Waals surface area contributed by atoms with Crippen molar-refractivity contribution in [3.05, 3.63) is 68.7 Å². The molecule has 0 aliphatic rings. The molecule has 0 bridgehead atoms. The van der Waals surface area contributed by atoms with Crippen molar-refractivity contribution in [3.8, 4) is 6.07 Å². The normalized spacial score (nSPS) is 11.2. The maximum absolute atomic E-state index is 12.3. The van der Waals surface area contributed by atoms with E-state index >= 15 is 0 Å². The van der Waals surface area contributed by atoms with Crippen LogP contribution in [0.4, 0.5) is 13.2 Å². The highest BCUT2D eigenvalue weighted by Gasteiger charge is 2.31. The third-order valence-electron chi connectivity index (χ3n) is 3.69. The molecule has 26 heavy (non-hydrogen) atoms. The summed E-state index contributed by atoms with van der Waals surface area (Å²) >= 11 is 11.7. The van der Waals surface area contributed by atoms with Gasteiger partial charge in [0.1, 0.15) is 0 Å². The minimum absolute atomic E-state index is 0.00944. The molecule has 6 heteroatoms. The van der Waals surface area contributed by atoms with Crippen molar-refractivity contribution in [3.63, 3.8) is 0 Å². The molecule has 140 valence electrons. The van der Waals surface area contributed by atoms with Crippen LogP contribution in [0.25, 0.3) is 0 Å². The highest BCUT2D eigenvalue weighted by atomic mass is 35.5. The van der Waals surface area contributed by atoms with Gasteiger partial charge in [-0.15, -0.1) is 0 Å². The van der Waals surface area contributed by atoms with Gasteiger partial charge in [0.15, 0.2) is 0 Å². The van der Waals surface area contributed by atoms with E-state index in [4.69, 9.17) is 28.5 Å². The molecule has 0 fully saturated rings. The third-order valence-corrected chi connectivity index (χ3v) is 4.38. The smallest absolute Gasteiger partial charge is 0.192 e. The first-order valence-corrected chi connectivity index (χ1v) is 8.79.